The van der Waals surface area contributed by atoms with Gasteiger partial charge in [-0.1, -0.05) is 0 Å². The Balaban J connectivity index is 2.15. The summed E-state index contributed by atoms with van der Waals surface area (Å²) in [5, 5.41) is 11.0. The molecule has 25 heavy (non-hydrogen) atoms. The minimum atomic E-state index is -1.68. The van der Waals surface area contributed by atoms with Gasteiger partial charge in [-0.15, -0.1) is 0 Å². The van der Waals surface area contributed by atoms with Gasteiger partial charge in [0, 0.05) is 24.8 Å². The highest BCUT2D eigenvalue weighted by atomic mass is 32.2. The Morgan fingerprint density at radius 3 is 2.84 bits per heavy atom. The molecule has 1 amide bonds. The van der Waals surface area contributed by atoms with Crippen molar-refractivity contribution in [2.24, 2.45) is 0 Å². The Hall–Kier alpha value is -2.03. The SMILES string of the molecule is CC(C)(C)OC(=O)N1CCCC[C@@H]1C[S@](=O)c1ncccc1[N+](=O)[O-]. The lowest BCUT2D eigenvalue weighted by Gasteiger charge is -2.36. The van der Waals surface area contributed by atoms with Gasteiger partial charge in [-0.2, -0.15) is 0 Å². The summed E-state index contributed by atoms with van der Waals surface area (Å²) in [5.74, 6) is 0.108. The van der Waals surface area contributed by atoms with Gasteiger partial charge in [0.05, 0.1) is 21.5 Å². The first-order chi connectivity index (χ1) is 11.7. The van der Waals surface area contributed by atoms with Gasteiger partial charge in [-0.05, 0) is 46.1 Å². The van der Waals surface area contributed by atoms with Crippen LogP contribution in [-0.4, -0.2) is 49.0 Å². The third-order valence-corrected chi connectivity index (χ3v) is 5.20. The third kappa shape index (κ3) is 5.22. The predicted molar refractivity (Wildman–Crippen MR) is 92.7 cm³/mol. The zero-order chi connectivity index (χ0) is 18.6. The molecular weight excluding hydrogens is 346 g/mol. The van der Waals surface area contributed by atoms with Crippen LogP contribution in [0.15, 0.2) is 23.4 Å². The van der Waals surface area contributed by atoms with E-state index in [9.17, 15) is 19.1 Å². The Bertz CT molecular complexity index is 674. The number of ether oxygens (including phenoxy) is 1. The van der Waals surface area contributed by atoms with Crippen LogP contribution in [0, 0.1) is 10.1 Å². The summed E-state index contributed by atoms with van der Waals surface area (Å²) >= 11 is 0. The number of nitrogens with zero attached hydrogens (tertiary/aromatic N) is 3. The van der Waals surface area contributed by atoms with Gasteiger partial charge in [-0.3, -0.25) is 14.3 Å². The highest BCUT2D eigenvalue weighted by Crippen LogP contribution is 2.25. The van der Waals surface area contributed by atoms with Crippen LogP contribution < -0.4 is 0 Å². The topological polar surface area (TPSA) is 103 Å². The van der Waals surface area contributed by atoms with Gasteiger partial charge in [0.15, 0.2) is 0 Å². The first-order valence-electron chi connectivity index (χ1n) is 8.16. The number of carbonyl (C=O) groups excluding carboxylic acids is 1. The van der Waals surface area contributed by atoms with E-state index >= 15 is 0 Å². The summed E-state index contributed by atoms with van der Waals surface area (Å²) in [5.41, 5.74) is -0.877. The third-order valence-electron chi connectivity index (χ3n) is 3.76. The molecule has 0 aliphatic carbocycles. The monoisotopic (exact) mass is 369 g/mol. The Labute approximate surface area is 149 Å². The van der Waals surface area contributed by atoms with Crippen LogP contribution in [0.4, 0.5) is 10.5 Å². The molecule has 1 aromatic heterocycles. The standard InChI is InChI=1S/C16H23N3O5S/c1-16(2,3)24-15(20)18-10-5-4-7-12(18)11-25(23)14-13(19(21)22)8-6-9-17-14/h6,8-9,12H,4-5,7,10-11H2,1-3H3/t12-,25+/m1/s1. The molecule has 1 aliphatic rings. The van der Waals surface area contributed by atoms with E-state index in [4.69, 9.17) is 4.74 Å². The van der Waals surface area contributed by atoms with Crippen molar-refractivity contribution in [3.8, 4) is 0 Å². The summed E-state index contributed by atoms with van der Waals surface area (Å²) in [6, 6.07) is 2.44. The molecule has 8 nitrogen and oxygen atoms in total. The molecule has 0 bridgehead atoms. The summed E-state index contributed by atoms with van der Waals surface area (Å²) in [6.07, 6.45) is 3.39. The van der Waals surface area contributed by atoms with E-state index in [1.165, 1.54) is 18.3 Å². The number of aromatic nitrogens is 1. The molecule has 0 radical (unpaired) electrons. The van der Waals surface area contributed by atoms with Crippen molar-refractivity contribution in [1.82, 2.24) is 9.88 Å². The number of amides is 1. The molecule has 1 fully saturated rings. The van der Waals surface area contributed by atoms with Gasteiger partial charge < -0.3 is 9.64 Å². The molecule has 1 saturated heterocycles. The second-order valence-corrected chi connectivity index (χ2v) is 8.33. The van der Waals surface area contributed by atoms with E-state index in [0.29, 0.717) is 13.0 Å². The molecule has 2 heterocycles. The molecule has 0 aromatic carbocycles. The van der Waals surface area contributed by atoms with Gasteiger partial charge in [0.25, 0.3) is 0 Å². The highest BCUT2D eigenvalue weighted by Gasteiger charge is 2.33. The van der Waals surface area contributed by atoms with Crippen molar-refractivity contribution >= 4 is 22.6 Å². The lowest BCUT2D eigenvalue weighted by molar-refractivity contribution is -0.388. The predicted octanol–water partition coefficient (Wildman–Crippen LogP) is 2.89. The number of carbonyl (C=O) groups is 1. The molecule has 1 aliphatic heterocycles. The normalized spacial score (nSPS) is 19.3. The summed E-state index contributed by atoms with van der Waals surface area (Å²) in [6.45, 7) is 5.90. The van der Waals surface area contributed by atoms with Crippen LogP contribution in [0.25, 0.3) is 0 Å². The fraction of sp³-hybridized carbons (Fsp3) is 0.625. The number of hydrogen-bond acceptors (Lipinski definition) is 6. The van der Waals surface area contributed by atoms with E-state index in [-0.39, 0.29) is 22.5 Å². The van der Waals surface area contributed by atoms with Crippen molar-refractivity contribution in [2.45, 2.75) is 56.7 Å². The molecule has 1 aromatic rings. The van der Waals surface area contributed by atoms with Crippen LogP contribution in [0.2, 0.25) is 0 Å². The van der Waals surface area contributed by atoms with Crippen LogP contribution in [-0.2, 0) is 15.5 Å². The second kappa shape index (κ2) is 7.90. The maximum atomic E-state index is 12.7. The molecule has 0 unspecified atom stereocenters. The van der Waals surface area contributed by atoms with Crippen molar-refractivity contribution in [3.05, 3.63) is 28.4 Å². The minimum Gasteiger partial charge on any atom is -0.444 e. The summed E-state index contributed by atoms with van der Waals surface area (Å²) < 4.78 is 18.1. The van der Waals surface area contributed by atoms with Crippen molar-refractivity contribution in [3.63, 3.8) is 0 Å². The maximum Gasteiger partial charge on any atom is 0.410 e. The van der Waals surface area contributed by atoms with Gasteiger partial charge in [0.1, 0.15) is 5.60 Å². The number of rotatable bonds is 4. The van der Waals surface area contributed by atoms with Gasteiger partial charge in [0.2, 0.25) is 5.03 Å². The summed E-state index contributed by atoms with van der Waals surface area (Å²) in [7, 11) is -1.68. The van der Waals surface area contributed by atoms with Crippen LogP contribution in [0.3, 0.4) is 0 Å². The smallest absolute Gasteiger partial charge is 0.410 e. The number of nitro groups is 1. The maximum absolute atomic E-state index is 12.7. The quantitative estimate of drug-likeness (QED) is 0.597. The minimum absolute atomic E-state index is 0.0535. The number of piperidine rings is 1. The molecule has 0 saturated carbocycles. The zero-order valence-corrected chi connectivity index (χ0v) is 15.5. The van der Waals surface area contributed by atoms with Crippen molar-refractivity contribution in [2.75, 3.05) is 12.3 Å². The zero-order valence-electron chi connectivity index (χ0n) is 14.6. The highest BCUT2D eigenvalue weighted by molar-refractivity contribution is 7.85. The average molecular weight is 369 g/mol. The Morgan fingerprint density at radius 2 is 2.20 bits per heavy atom. The largest absolute Gasteiger partial charge is 0.444 e. The summed E-state index contributed by atoms with van der Waals surface area (Å²) in [4.78, 5) is 28.4. The first-order valence-corrected chi connectivity index (χ1v) is 9.48. The van der Waals surface area contributed by atoms with E-state index in [0.717, 1.165) is 12.8 Å². The second-order valence-electron chi connectivity index (χ2n) is 6.92. The fourth-order valence-electron chi connectivity index (χ4n) is 2.69. The number of pyridine rings is 1. The molecule has 0 N–H and O–H groups in total. The van der Waals surface area contributed by atoms with Gasteiger partial charge >= 0.3 is 11.8 Å². The fourth-order valence-corrected chi connectivity index (χ4v) is 4.09. The van der Waals surface area contributed by atoms with E-state index in [1.807, 2.05) is 0 Å². The van der Waals surface area contributed by atoms with E-state index in [1.54, 1.807) is 25.7 Å². The van der Waals surface area contributed by atoms with E-state index in [2.05, 4.69) is 4.98 Å². The molecular formula is C16H23N3O5S. The number of hydrogen-bond donors (Lipinski definition) is 0. The number of likely N-dealkylation sites (tertiary alicyclic amines) is 1. The lowest BCUT2D eigenvalue weighted by atomic mass is 10.0. The molecule has 138 valence electrons. The molecule has 0 spiro atoms. The van der Waals surface area contributed by atoms with Crippen molar-refractivity contribution < 1.29 is 18.7 Å². The van der Waals surface area contributed by atoms with Gasteiger partial charge in [-0.25, -0.2) is 9.78 Å². The van der Waals surface area contributed by atoms with Crippen LogP contribution >= 0.6 is 0 Å². The van der Waals surface area contributed by atoms with Crippen LogP contribution in [0.1, 0.15) is 40.0 Å². The average Bonchev–Trinajstić information content (AvgIpc) is 2.53. The van der Waals surface area contributed by atoms with E-state index < -0.39 is 27.4 Å². The first kappa shape index (κ1) is 19.3. The Kier molecular flexibility index (Phi) is 6.10. The molecule has 2 rings (SSSR count). The van der Waals surface area contributed by atoms with Crippen LogP contribution in [0.5, 0.6) is 0 Å². The Morgan fingerprint density at radius 1 is 1.48 bits per heavy atom. The lowest BCUT2D eigenvalue weighted by Crippen LogP contribution is -2.48. The molecule has 2 atom stereocenters. The van der Waals surface area contributed by atoms with Crippen molar-refractivity contribution in [1.29, 1.82) is 0 Å². The molecule has 9 heteroatoms.